The third kappa shape index (κ3) is 3.96. The van der Waals surface area contributed by atoms with Crippen LogP contribution in [0.25, 0.3) is 0 Å². The number of rotatable bonds is 6. The van der Waals surface area contributed by atoms with E-state index in [4.69, 9.17) is 0 Å². The predicted molar refractivity (Wildman–Crippen MR) is 82.8 cm³/mol. The van der Waals surface area contributed by atoms with Crippen LogP contribution in [0.3, 0.4) is 0 Å². The van der Waals surface area contributed by atoms with Crippen molar-refractivity contribution in [2.24, 2.45) is 5.92 Å². The molecule has 0 radical (unpaired) electrons. The highest BCUT2D eigenvalue weighted by Crippen LogP contribution is 2.20. The minimum atomic E-state index is 0.312. The number of amides is 1. The maximum Gasteiger partial charge on any atom is 0.222 e. The number of likely N-dealkylation sites (tertiary alicyclic amines) is 1. The van der Waals surface area contributed by atoms with Crippen molar-refractivity contribution in [3.8, 4) is 0 Å². The number of anilines is 1. The molecule has 3 nitrogen and oxygen atoms in total. The number of carbonyl (C=O) groups is 1. The zero-order valence-electron chi connectivity index (χ0n) is 11.4. The molecule has 1 unspecified atom stereocenters. The van der Waals surface area contributed by atoms with Gasteiger partial charge in [0.25, 0.3) is 0 Å². The zero-order chi connectivity index (χ0) is 13.7. The molecule has 1 aromatic carbocycles. The average molecular weight is 325 g/mol. The molecule has 0 spiro atoms. The number of hydrogen-bond acceptors (Lipinski definition) is 2. The number of carbonyl (C=O) groups excluding carboxylic acids is 1. The van der Waals surface area contributed by atoms with Gasteiger partial charge in [-0.25, -0.2) is 0 Å². The van der Waals surface area contributed by atoms with Crippen LogP contribution in [0.2, 0.25) is 0 Å². The molecule has 0 aromatic heterocycles. The smallest absolute Gasteiger partial charge is 0.222 e. The third-order valence-electron chi connectivity index (χ3n) is 3.63. The summed E-state index contributed by atoms with van der Waals surface area (Å²) in [5.41, 5.74) is 1.23. The maximum atomic E-state index is 11.8. The van der Waals surface area contributed by atoms with Crippen molar-refractivity contribution >= 4 is 27.5 Å². The highest BCUT2D eigenvalue weighted by atomic mass is 79.9. The Morgan fingerprint density at radius 1 is 1.37 bits per heavy atom. The van der Waals surface area contributed by atoms with Gasteiger partial charge in [0.15, 0.2) is 0 Å². The van der Waals surface area contributed by atoms with E-state index in [-0.39, 0.29) is 0 Å². The van der Waals surface area contributed by atoms with Gasteiger partial charge in [-0.2, -0.15) is 0 Å². The number of para-hydroxylation sites is 1. The molecule has 1 aromatic rings. The standard InChI is InChI=1S/C15H21BrN2O/c1-17(14-6-3-2-4-7-14)8-5-9-18-12-13(11-16)10-15(18)19/h2-4,6-7,13H,5,8-12H2,1H3. The van der Waals surface area contributed by atoms with E-state index in [2.05, 4.69) is 52.1 Å². The maximum absolute atomic E-state index is 11.8. The molecule has 1 fully saturated rings. The van der Waals surface area contributed by atoms with E-state index >= 15 is 0 Å². The molecule has 1 atom stereocenters. The molecular formula is C15H21BrN2O. The van der Waals surface area contributed by atoms with Crippen molar-refractivity contribution in [1.29, 1.82) is 0 Å². The summed E-state index contributed by atoms with van der Waals surface area (Å²) in [6, 6.07) is 10.4. The summed E-state index contributed by atoms with van der Waals surface area (Å²) in [4.78, 5) is 16.0. The van der Waals surface area contributed by atoms with E-state index in [1.54, 1.807) is 0 Å². The van der Waals surface area contributed by atoms with Crippen LogP contribution in [0.5, 0.6) is 0 Å². The van der Waals surface area contributed by atoms with Gasteiger partial charge >= 0.3 is 0 Å². The Balaban J connectivity index is 1.74. The first-order valence-electron chi connectivity index (χ1n) is 6.80. The van der Waals surface area contributed by atoms with E-state index in [9.17, 15) is 4.79 Å². The van der Waals surface area contributed by atoms with Gasteiger partial charge in [-0.15, -0.1) is 0 Å². The lowest BCUT2D eigenvalue weighted by Crippen LogP contribution is -2.29. The summed E-state index contributed by atoms with van der Waals surface area (Å²) in [7, 11) is 2.10. The van der Waals surface area contributed by atoms with Crippen molar-refractivity contribution in [2.45, 2.75) is 12.8 Å². The van der Waals surface area contributed by atoms with Gasteiger partial charge < -0.3 is 9.80 Å². The quantitative estimate of drug-likeness (QED) is 0.751. The van der Waals surface area contributed by atoms with Crippen LogP contribution in [-0.4, -0.2) is 42.8 Å². The van der Waals surface area contributed by atoms with E-state index < -0.39 is 0 Å². The molecule has 1 amide bonds. The summed E-state index contributed by atoms with van der Waals surface area (Å²) in [6.07, 6.45) is 1.73. The fourth-order valence-electron chi connectivity index (χ4n) is 2.48. The molecule has 0 saturated carbocycles. The van der Waals surface area contributed by atoms with Gasteiger partial charge in [-0.1, -0.05) is 34.1 Å². The Labute approximate surface area is 123 Å². The van der Waals surface area contributed by atoms with Crippen molar-refractivity contribution in [3.63, 3.8) is 0 Å². The molecule has 0 N–H and O–H groups in total. The molecule has 1 aliphatic rings. The lowest BCUT2D eigenvalue weighted by Gasteiger charge is -2.22. The number of benzene rings is 1. The molecule has 4 heteroatoms. The first-order chi connectivity index (χ1) is 9.20. The van der Waals surface area contributed by atoms with Crippen molar-refractivity contribution in [2.75, 3.05) is 36.9 Å². The largest absolute Gasteiger partial charge is 0.375 e. The van der Waals surface area contributed by atoms with Crippen LogP contribution in [0.4, 0.5) is 5.69 Å². The van der Waals surface area contributed by atoms with Gasteiger partial charge in [-0.3, -0.25) is 4.79 Å². The van der Waals surface area contributed by atoms with Gasteiger partial charge in [0, 0.05) is 44.1 Å². The highest BCUT2D eigenvalue weighted by Gasteiger charge is 2.27. The minimum absolute atomic E-state index is 0.312. The summed E-state index contributed by atoms with van der Waals surface area (Å²) in [6.45, 7) is 2.77. The minimum Gasteiger partial charge on any atom is -0.375 e. The summed E-state index contributed by atoms with van der Waals surface area (Å²) in [5.74, 6) is 0.811. The SMILES string of the molecule is CN(CCCN1CC(CBr)CC1=O)c1ccccc1. The number of nitrogens with zero attached hydrogens (tertiary/aromatic N) is 2. The molecule has 2 rings (SSSR count). The van der Waals surface area contributed by atoms with Gasteiger partial charge in [0.05, 0.1) is 0 Å². The molecule has 0 bridgehead atoms. The lowest BCUT2D eigenvalue weighted by atomic mass is 10.2. The van der Waals surface area contributed by atoms with Gasteiger partial charge in [-0.05, 0) is 24.5 Å². The molecule has 1 aliphatic heterocycles. The number of halogens is 1. The first kappa shape index (κ1) is 14.4. The Bertz CT molecular complexity index is 410. The Kier molecular flexibility index (Phi) is 5.25. The Morgan fingerprint density at radius 2 is 2.11 bits per heavy atom. The number of hydrogen-bond donors (Lipinski definition) is 0. The predicted octanol–water partition coefficient (Wildman–Crippen LogP) is 2.76. The third-order valence-corrected chi connectivity index (χ3v) is 4.55. The number of alkyl halides is 1. The van der Waals surface area contributed by atoms with Crippen LogP contribution in [0, 0.1) is 5.92 Å². The second-order valence-corrected chi connectivity index (χ2v) is 5.82. The molecule has 19 heavy (non-hydrogen) atoms. The van der Waals surface area contributed by atoms with E-state index in [0.717, 1.165) is 31.4 Å². The molecule has 0 aliphatic carbocycles. The summed E-state index contributed by atoms with van der Waals surface area (Å²) in [5, 5.41) is 0.930. The monoisotopic (exact) mass is 324 g/mol. The summed E-state index contributed by atoms with van der Waals surface area (Å²) >= 11 is 3.47. The Morgan fingerprint density at radius 3 is 2.74 bits per heavy atom. The summed E-state index contributed by atoms with van der Waals surface area (Å²) < 4.78 is 0. The van der Waals surface area contributed by atoms with E-state index in [1.165, 1.54) is 5.69 Å². The van der Waals surface area contributed by atoms with Crippen molar-refractivity contribution < 1.29 is 4.79 Å². The molecule has 104 valence electrons. The zero-order valence-corrected chi connectivity index (χ0v) is 13.0. The van der Waals surface area contributed by atoms with E-state index in [1.807, 2.05) is 11.0 Å². The van der Waals surface area contributed by atoms with Crippen LogP contribution in [-0.2, 0) is 4.79 Å². The second-order valence-electron chi connectivity index (χ2n) is 5.17. The molecule has 1 heterocycles. The fourth-order valence-corrected chi connectivity index (χ4v) is 2.92. The average Bonchev–Trinajstić information content (AvgIpc) is 2.80. The highest BCUT2D eigenvalue weighted by molar-refractivity contribution is 9.09. The second kappa shape index (κ2) is 6.94. The van der Waals surface area contributed by atoms with Gasteiger partial charge in [0.1, 0.15) is 0 Å². The van der Waals surface area contributed by atoms with Crippen molar-refractivity contribution in [3.05, 3.63) is 30.3 Å². The fraction of sp³-hybridized carbons (Fsp3) is 0.533. The molecular weight excluding hydrogens is 304 g/mol. The van der Waals surface area contributed by atoms with Gasteiger partial charge in [0.2, 0.25) is 5.91 Å². The van der Waals surface area contributed by atoms with E-state index in [0.29, 0.717) is 18.2 Å². The lowest BCUT2D eigenvalue weighted by molar-refractivity contribution is -0.127. The molecule has 1 saturated heterocycles. The normalized spacial score (nSPS) is 18.9. The first-order valence-corrected chi connectivity index (χ1v) is 7.92. The van der Waals surface area contributed by atoms with Crippen LogP contribution < -0.4 is 4.90 Å². The van der Waals surface area contributed by atoms with Crippen molar-refractivity contribution in [1.82, 2.24) is 4.90 Å². The van der Waals surface area contributed by atoms with Crippen LogP contribution >= 0.6 is 15.9 Å². The topological polar surface area (TPSA) is 23.6 Å². The van der Waals surface area contributed by atoms with Crippen LogP contribution in [0.15, 0.2) is 30.3 Å². The Hall–Kier alpha value is -1.03. The van der Waals surface area contributed by atoms with Crippen LogP contribution in [0.1, 0.15) is 12.8 Å².